The Balaban J connectivity index is 1.55. The first-order valence-corrected chi connectivity index (χ1v) is 7.21. The van der Waals surface area contributed by atoms with Crippen LogP contribution in [0.1, 0.15) is 30.5 Å². The summed E-state index contributed by atoms with van der Waals surface area (Å²) < 4.78 is 16.3. The summed E-state index contributed by atoms with van der Waals surface area (Å²) in [4.78, 5) is 8.69. The van der Waals surface area contributed by atoms with E-state index in [0.717, 1.165) is 41.1 Å². The SMILES string of the molecule is COc1ccc2c(OCc3noc(C4CC4)n3)ccnc2c1. The molecule has 1 aromatic carbocycles. The summed E-state index contributed by atoms with van der Waals surface area (Å²) >= 11 is 0. The monoisotopic (exact) mass is 297 g/mol. The molecule has 0 bridgehead atoms. The van der Waals surface area contributed by atoms with Crippen LogP contribution in [-0.4, -0.2) is 22.2 Å². The van der Waals surface area contributed by atoms with Gasteiger partial charge in [-0.3, -0.25) is 4.98 Å². The topological polar surface area (TPSA) is 70.3 Å². The van der Waals surface area contributed by atoms with Crippen LogP contribution in [0.4, 0.5) is 0 Å². The highest BCUT2D eigenvalue weighted by Gasteiger charge is 2.29. The van der Waals surface area contributed by atoms with Crippen molar-refractivity contribution in [3.8, 4) is 11.5 Å². The standard InChI is InChI=1S/C16H15N3O3/c1-20-11-4-5-12-13(8-11)17-7-6-14(12)21-9-15-18-16(22-19-15)10-2-3-10/h4-8,10H,2-3,9H2,1H3. The van der Waals surface area contributed by atoms with Gasteiger partial charge in [0.15, 0.2) is 6.61 Å². The maximum Gasteiger partial charge on any atom is 0.229 e. The molecule has 3 aromatic rings. The van der Waals surface area contributed by atoms with Crippen molar-refractivity contribution < 1.29 is 14.0 Å². The van der Waals surface area contributed by atoms with Gasteiger partial charge in [0.2, 0.25) is 11.7 Å². The van der Waals surface area contributed by atoms with Crippen LogP contribution in [0.5, 0.6) is 11.5 Å². The number of aromatic nitrogens is 3. The number of rotatable bonds is 5. The van der Waals surface area contributed by atoms with E-state index in [2.05, 4.69) is 15.1 Å². The van der Waals surface area contributed by atoms with Crippen LogP contribution >= 0.6 is 0 Å². The summed E-state index contributed by atoms with van der Waals surface area (Å²) in [5.41, 5.74) is 0.823. The van der Waals surface area contributed by atoms with E-state index < -0.39 is 0 Å². The van der Waals surface area contributed by atoms with Gasteiger partial charge in [0.05, 0.1) is 12.6 Å². The lowest BCUT2D eigenvalue weighted by atomic mass is 10.2. The number of ether oxygens (including phenoxy) is 2. The molecule has 0 saturated heterocycles. The van der Waals surface area contributed by atoms with E-state index in [-0.39, 0.29) is 6.61 Å². The second kappa shape index (κ2) is 5.29. The van der Waals surface area contributed by atoms with Crippen molar-refractivity contribution in [3.63, 3.8) is 0 Å². The minimum absolute atomic E-state index is 0.279. The summed E-state index contributed by atoms with van der Waals surface area (Å²) in [6.07, 6.45) is 3.99. The predicted octanol–water partition coefficient (Wildman–Crippen LogP) is 3.08. The predicted molar refractivity (Wildman–Crippen MR) is 78.9 cm³/mol. The minimum atomic E-state index is 0.279. The molecule has 1 aliphatic rings. The summed E-state index contributed by atoms with van der Waals surface area (Å²) in [6, 6.07) is 7.53. The summed E-state index contributed by atoms with van der Waals surface area (Å²) in [5, 5.41) is 4.88. The molecular weight excluding hydrogens is 282 g/mol. The van der Waals surface area contributed by atoms with Crippen LogP contribution in [0.25, 0.3) is 10.9 Å². The first kappa shape index (κ1) is 13.1. The Morgan fingerprint density at radius 2 is 2.18 bits per heavy atom. The number of hydrogen-bond donors (Lipinski definition) is 0. The lowest BCUT2D eigenvalue weighted by Gasteiger charge is -2.08. The van der Waals surface area contributed by atoms with E-state index in [1.165, 1.54) is 0 Å². The van der Waals surface area contributed by atoms with Crippen LogP contribution < -0.4 is 9.47 Å². The van der Waals surface area contributed by atoms with Crippen molar-refractivity contribution in [3.05, 3.63) is 42.2 Å². The fourth-order valence-electron chi connectivity index (χ4n) is 2.32. The lowest BCUT2D eigenvalue weighted by Crippen LogP contribution is -1.99. The van der Waals surface area contributed by atoms with E-state index in [0.29, 0.717) is 11.7 Å². The van der Waals surface area contributed by atoms with E-state index in [1.54, 1.807) is 13.3 Å². The van der Waals surface area contributed by atoms with Crippen molar-refractivity contribution >= 4 is 10.9 Å². The van der Waals surface area contributed by atoms with Gasteiger partial charge in [0.25, 0.3) is 0 Å². The van der Waals surface area contributed by atoms with E-state index in [4.69, 9.17) is 14.0 Å². The zero-order chi connectivity index (χ0) is 14.9. The average molecular weight is 297 g/mol. The van der Waals surface area contributed by atoms with Crippen LogP contribution in [0.3, 0.4) is 0 Å². The van der Waals surface area contributed by atoms with Crippen LogP contribution in [0.15, 0.2) is 35.0 Å². The Kier molecular flexibility index (Phi) is 3.14. The van der Waals surface area contributed by atoms with Gasteiger partial charge in [-0.1, -0.05) is 5.16 Å². The quantitative estimate of drug-likeness (QED) is 0.720. The Morgan fingerprint density at radius 1 is 1.27 bits per heavy atom. The van der Waals surface area contributed by atoms with Gasteiger partial charge in [0.1, 0.15) is 11.5 Å². The molecule has 0 radical (unpaired) electrons. The molecule has 0 unspecified atom stereocenters. The molecule has 0 amide bonds. The van der Waals surface area contributed by atoms with Gasteiger partial charge >= 0.3 is 0 Å². The summed E-state index contributed by atoms with van der Waals surface area (Å²) in [7, 11) is 1.63. The molecule has 6 nitrogen and oxygen atoms in total. The van der Waals surface area contributed by atoms with Gasteiger partial charge in [-0.05, 0) is 31.0 Å². The van der Waals surface area contributed by atoms with Crippen molar-refractivity contribution in [2.24, 2.45) is 0 Å². The zero-order valence-electron chi connectivity index (χ0n) is 12.2. The molecule has 112 valence electrons. The molecular formula is C16H15N3O3. The molecule has 1 aliphatic carbocycles. The van der Waals surface area contributed by atoms with E-state index in [1.807, 2.05) is 24.3 Å². The third-order valence-electron chi connectivity index (χ3n) is 3.68. The first-order chi connectivity index (χ1) is 10.8. The van der Waals surface area contributed by atoms with Crippen LogP contribution in [0.2, 0.25) is 0 Å². The molecule has 22 heavy (non-hydrogen) atoms. The molecule has 6 heteroatoms. The average Bonchev–Trinajstić information content (AvgIpc) is 3.31. The normalized spacial score (nSPS) is 14.2. The largest absolute Gasteiger partial charge is 0.497 e. The van der Waals surface area contributed by atoms with Crippen molar-refractivity contribution in [2.75, 3.05) is 7.11 Å². The molecule has 2 heterocycles. The Labute approximate surface area is 127 Å². The van der Waals surface area contributed by atoms with Gasteiger partial charge in [-0.15, -0.1) is 0 Å². The van der Waals surface area contributed by atoms with Crippen molar-refractivity contribution in [1.82, 2.24) is 15.1 Å². The Bertz CT molecular complexity index is 811. The number of hydrogen-bond acceptors (Lipinski definition) is 6. The molecule has 1 saturated carbocycles. The highest BCUT2D eigenvalue weighted by Crippen LogP contribution is 2.38. The highest BCUT2D eigenvalue weighted by molar-refractivity contribution is 5.85. The van der Waals surface area contributed by atoms with Crippen molar-refractivity contribution in [1.29, 1.82) is 0 Å². The molecule has 0 N–H and O–H groups in total. The number of nitrogens with zero attached hydrogens (tertiary/aromatic N) is 3. The fraction of sp³-hybridized carbons (Fsp3) is 0.312. The highest BCUT2D eigenvalue weighted by atomic mass is 16.5. The van der Waals surface area contributed by atoms with E-state index in [9.17, 15) is 0 Å². The maximum absolute atomic E-state index is 5.83. The smallest absolute Gasteiger partial charge is 0.229 e. The maximum atomic E-state index is 5.83. The number of fused-ring (bicyclic) bond motifs is 1. The zero-order valence-corrected chi connectivity index (χ0v) is 12.2. The fourth-order valence-corrected chi connectivity index (χ4v) is 2.32. The molecule has 0 aliphatic heterocycles. The van der Waals surface area contributed by atoms with Crippen LogP contribution in [-0.2, 0) is 6.61 Å². The summed E-state index contributed by atoms with van der Waals surface area (Å²) in [5.74, 6) is 3.26. The second-order valence-corrected chi connectivity index (χ2v) is 5.30. The van der Waals surface area contributed by atoms with Gasteiger partial charge < -0.3 is 14.0 Å². The lowest BCUT2D eigenvalue weighted by molar-refractivity contribution is 0.288. The molecule has 0 spiro atoms. The van der Waals surface area contributed by atoms with Gasteiger partial charge in [-0.25, -0.2) is 0 Å². The molecule has 2 aromatic heterocycles. The van der Waals surface area contributed by atoms with Crippen LogP contribution in [0, 0.1) is 0 Å². The third kappa shape index (κ3) is 2.47. The number of benzene rings is 1. The minimum Gasteiger partial charge on any atom is -0.497 e. The number of methoxy groups -OCH3 is 1. The molecule has 4 rings (SSSR count). The van der Waals surface area contributed by atoms with Gasteiger partial charge in [-0.2, -0.15) is 4.98 Å². The number of pyridine rings is 1. The Hall–Kier alpha value is -2.63. The Morgan fingerprint density at radius 3 is 3.00 bits per heavy atom. The van der Waals surface area contributed by atoms with Crippen molar-refractivity contribution in [2.45, 2.75) is 25.4 Å². The first-order valence-electron chi connectivity index (χ1n) is 7.21. The molecule has 0 atom stereocenters. The second-order valence-electron chi connectivity index (χ2n) is 5.30. The van der Waals surface area contributed by atoms with Gasteiger partial charge in [0, 0.05) is 23.6 Å². The molecule has 1 fully saturated rings. The third-order valence-corrected chi connectivity index (χ3v) is 3.68. The van der Waals surface area contributed by atoms with E-state index >= 15 is 0 Å². The summed E-state index contributed by atoms with van der Waals surface area (Å²) in [6.45, 7) is 0.279.